The largest absolute Gasteiger partial charge is 0.365 e. The summed E-state index contributed by atoms with van der Waals surface area (Å²) < 4.78 is 0. The first kappa shape index (κ1) is 9.28. The van der Waals surface area contributed by atoms with Crippen LogP contribution in [0.15, 0.2) is 12.3 Å². The summed E-state index contributed by atoms with van der Waals surface area (Å²) in [5.74, 6) is 3.01. The van der Waals surface area contributed by atoms with E-state index in [0.29, 0.717) is 17.4 Å². The van der Waals surface area contributed by atoms with Gasteiger partial charge in [-0.05, 0) is 12.2 Å². The third-order valence-electron chi connectivity index (χ3n) is 2.07. The molecule has 1 aliphatic rings. The summed E-state index contributed by atoms with van der Waals surface area (Å²) in [6.07, 6.45) is 2.62. The molecule has 0 aliphatic carbocycles. The van der Waals surface area contributed by atoms with Crippen LogP contribution in [0.5, 0.6) is 0 Å². The molecule has 1 unspecified atom stereocenters. The van der Waals surface area contributed by atoms with Crippen molar-refractivity contribution < 1.29 is 0 Å². The zero-order valence-electron chi connectivity index (χ0n) is 7.60. The first-order valence-corrected chi connectivity index (χ1v) is 5.61. The lowest BCUT2D eigenvalue weighted by atomic mass is 10.2. The van der Waals surface area contributed by atoms with E-state index in [2.05, 4.69) is 15.5 Å². The van der Waals surface area contributed by atoms with Gasteiger partial charge in [-0.2, -0.15) is 22.1 Å². The van der Waals surface area contributed by atoms with E-state index in [4.69, 9.17) is 5.26 Å². The van der Waals surface area contributed by atoms with Gasteiger partial charge in [0, 0.05) is 17.9 Å². The molecule has 1 aromatic heterocycles. The Hall–Kier alpha value is -1.28. The highest BCUT2D eigenvalue weighted by Gasteiger charge is 2.15. The minimum Gasteiger partial charge on any atom is -0.365 e. The van der Waals surface area contributed by atoms with Gasteiger partial charge in [0.05, 0.1) is 11.8 Å². The second kappa shape index (κ2) is 4.29. The Bertz CT molecular complexity index is 354. The molecule has 1 N–H and O–H groups in total. The number of nitrogens with zero attached hydrogens (tertiary/aromatic N) is 3. The van der Waals surface area contributed by atoms with Gasteiger partial charge in [-0.15, -0.1) is 5.10 Å². The van der Waals surface area contributed by atoms with Crippen LogP contribution >= 0.6 is 11.8 Å². The lowest BCUT2D eigenvalue weighted by Gasteiger charge is -2.10. The average Bonchev–Trinajstić information content (AvgIpc) is 2.71. The van der Waals surface area contributed by atoms with E-state index in [9.17, 15) is 0 Å². The summed E-state index contributed by atoms with van der Waals surface area (Å²) in [6, 6.07) is 4.25. The number of aromatic nitrogens is 2. The van der Waals surface area contributed by atoms with Gasteiger partial charge in [0.2, 0.25) is 0 Å². The summed E-state index contributed by atoms with van der Waals surface area (Å²) in [7, 11) is 0. The molecule has 0 saturated carbocycles. The van der Waals surface area contributed by atoms with Gasteiger partial charge in [0.15, 0.2) is 0 Å². The molecule has 5 heteroatoms. The Balaban J connectivity index is 2.05. The maximum Gasteiger partial charge on any atom is 0.150 e. The van der Waals surface area contributed by atoms with Gasteiger partial charge in [0.1, 0.15) is 11.9 Å². The summed E-state index contributed by atoms with van der Waals surface area (Å²) in [4.78, 5) is 0. The second-order valence-electron chi connectivity index (χ2n) is 3.15. The fraction of sp³-hybridized carbons (Fsp3) is 0.444. The van der Waals surface area contributed by atoms with E-state index in [1.807, 2.05) is 17.8 Å². The van der Waals surface area contributed by atoms with Crippen molar-refractivity contribution in [2.45, 2.75) is 12.5 Å². The maximum atomic E-state index is 8.67. The molecule has 72 valence electrons. The van der Waals surface area contributed by atoms with Crippen LogP contribution in [0.25, 0.3) is 0 Å². The molecular formula is C9H10N4S. The van der Waals surface area contributed by atoms with Crippen molar-refractivity contribution in [3.05, 3.63) is 17.8 Å². The van der Waals surface area contributed by atoms with Crippen LogP contribution in [-0.4, -0.2) is 27.7 Å². The van der Waals surface area contributed by atoms with Gasteiger partial charge in [-0.25, -0.2) is 0 Å². The number of hydrogen-bond donors (Lipinski definition) is 1. The minimum atomic E-state index is 0.475. The summed E-state index contributed by atoms with van der Waals surface area (Å²) in [6.45, 7) is 0. The van der Waals surface area contributed by atoms with Crippen LogP contribution in [0.3, 0.4) is 0 Å². The third-order valence-corrected chi connectivity index (χ3v) is 3.23. The Morgan fingerprint density at radius 2 is 2.57 bits per heavy atom. The molecule has 0 aromatic carbocycles. The van der Waals surface area contributed by atoms with Gasteiger partial charge < -0.3 is 5.32 Å². The Morgan fingerprint density at radius 1 is 1.64 bits per heavy atom. The third kappa shape index (κ3) is 2.15. The van der Waals surface area contributed by atoms with E-state index in [-0.39, 0.29) is 0 Å². The zero-order chi connectivity index (χ0) is 9.80. The van der Waals surface area contributed by atoms with Crippen molar-refractivity contribution in [3.8, 4) is 6.07 Å². The molecular weight excluding hydrogens is 196 g/mol. The van der Waals surface area contributed by atoms with Crippen LogP contribution < -0.4 is 5.32 Å². The molecule has 2 heterocycles. The van der Waals surface area contributed by atoms with Crippen molar-refractivity contribution in [2.24, 2.45) is 0 Å². The van der Waals surface area contributed by atoms with Crippen molar-refractivity contribution in [1.29, 1.82) is 5.26 Å². The van der Waals surface area contributed by atoms with E-state index in [1.54, 1.807) is 6.07 Å². The number of thioether (sulfide) groups is 1. The van der Waals surface area contributed by atoms with Crippen LogP contribution in [-0.2, 0) is 0 Å². The molecule has 0 amide bonds. The highest BCUT2D eigenvalue weighted by molar-refractivity contribution is 7.99. The maximum absolute atomic E-state index is 8.67. The SMILES string of the molecule is N#Cc1cnnc(NC2CCSC2)c1. The fourth-order valence-electron chi connectivity index (χ4n) is 1.36. The van der Waals surface area contributed by atoms with Crippen LogP contribution in [0.2, 0.25) is 0 Å². The summed E-state index contributed by atoms with van der Waals surface area (Å²) in [5.41, 5.74) is 0.549. The molecule has 1 atom stereocenters. The van der Waals surface area contributed by atoms with Crippen LogP contribution in [0.1, 0.15) is 12.0 Å². The van der Waals surface area contributed by atoms with Crippen LogP contribution in [0.4, 0.5) is 5.82 Å². The van der Waals surface area contributed by atoms with Gasteiger partial charge in [-0.3, -0.25) is 0 Å². The minimum absolute atomic E-state index is 0.475. The number of nitriles is 1. The predicted molar refractivity (Wildman–Crippen MR) is 56.1 cm³/mol. The number of hydrogen-bond acceptors (Lipinski definition) is 5. The zero-order valence-corrected chi connectivity index (χ0v) is 8.42. The van der Waals surface area contributed by atoms with Gasteiger partial charge >= 0.3 is 0 Å². The first-order valence-electron chi connectivity index (χ1n) is 4.45. The molecule has 14 heavy (non-hydrogen) atoms. The second-order valence-corrected chi connectivity index (χ2v) is 4.30. The quantitative estimate of drug-likeness (QED) is 0.789. The van der Waals surface area contributed by atoms with Crippen LogP contribution in [0, 0.1) is 11.3 Å². The summed E-state index contributed by atoms with van der Waals surface area (Å²) in [5, 5.41) is 19.6. The van der Waals surface area contributed by atoms with E-state index in [0.717, 1.165) is 12.2 Å². The summed E-state index contributed by atoms with van der Waals surface area (Å²) >= 11 is 1.94. The average molecular weight is 206 g/mol. The van der Waals surface area contributed by atoms with Crippen molar-refractivity contribution in [1.82, 2.24) is 10.2 Å². The normalized spacial score (nSPS) is 20.4. The number of nitrogens with one attached hydrogen (secondary N) is 1. The highest BCUT2D eigenvalue weighted by atomic mass is 32.2. The molecule has 0 spiro atoms. The monoisotopic (exact) mass is 206 g/mol. The van der Waals surface area contributed by atoms with E-state index in [1.165, 1.54) is 11.9 Å². The molecule has 1 aromatic rings. The number of rotatable bonds is 2. The van der Waals surface area contributed by atoms with E-state index >= 15 is 0 Å². The van der Waals surface area contributed by atoms with Crippen molar-refractivity contribution in [2.75, 3.05) is 16.8 Å². The first-order chi connectivity index (χ1) is 6.88. The fourth-order valence-corrected chi connectivity index (χ4v) is 2.51. The van der Waals surface area contributed by atoms with E-state index < -0.39 is 0 Å². The molecule has 1 fully saturated rings. The topological polar surface area (TPSA) is 61.6 Å². The lowest BCUT2D eigenvalue weighted by Crippen LogP contribution is -2.19. The Kier molecular flexibility index (Phi) is 2.84. The smallest absolute Gasteiger partial charge is 0.150 e. The molecule has 0 bridgehead atoms. The Labute approximate surface area is 86.7 Å². The lowest BCUT2D eigenvalue weighted by molar-refractivity contribution is 0.800. The molecule has 2 rings (SSSR count). The molecule has 1 saturated heterocycles. The Morgan fingerprint density at radius 3 is 3.29 bits per heavy atom. The number of anilines is 1. The molecule has 4 nitrogen and oxygen atoms in total. The predicted octanol–water partition coefficient (Wildman–Crippen LogP) is 1.27. The standard InChI is InChI=1S/C9H10N4S/c10-4-7-3-9(13-11-5-7)12-8-1-2-14-6-8/h3,5,8H,1-2,6H2,(H,12,13). The van der Waals surface area contributed by atoms with Crippen molar-refractivity contribution in [3.63, 3.8) is 0 Å². The molecule has 0 radical (unpaired) electrons. The highest BCUT2D eigenvalue weighted by Crippen LogP contribution is 2.20. The van der Waals surface area contributed by atoms with Gasteiger partial charge in [0.25, 0.3) is 0 Å². The molecule has 1 aliphatic heterocycles. The van der Waals surface area contributed by atoms with Gasteiger partial charge in [-0.1, -0.05) is 0 Å². The van der Waals surface area contributed by atoms with Crippen molar-refractivity contribution >= 4 is 17.6 Å².